The van der Waals surface area contributed by atoms with E-state index in [0.29, 0.717) is 24.2 Å². The zero-order valence-corrected chi connectivity index (χ0v) is 20.3. The summed E-state index contributed by atoms with van der Waals surface area (Å²) in [4.78, 5) is 4.98. The summed E-state index contributed by atoms with van der Waals surface area (Å²) >= 11 is 0. The number of rotatable bonds is 4. The first-order valence-electron chi connectivity index (χ1n) is 12.3. The summed E-state index contributed by atoms with van der Waals surface area (Å²) in [5.74, 6) is 0. The van der Waals surface area contributed by atoms with Gasteiger partial charge in [-0.05, 0) is 64.5 Å². The van der Waals surface area contributed by atoms with Gasteiger partial charge < -0.3 is 10.2 Å². The molecule has 0 spiro atoms. The summed E-state index contributed by atoms with van der Waals surface area (Å²) in [6, 6.07) is 23.1. The molecular weight excluding hydrogens is 396 g/mol. The minimum atomic E-state index is -0.103. The third-order valence-electron chi connectivity index (χ3n) is 7.36. The number of likely N-dealkylation sites (tertiary alicyclic amines) is 2. The van der Waals surface area contributed by atoms with Gasteiger partial charge in [0.2, 0.25) is 0 Å². The molecule has 2 N–H and O–H groups in total. The van der Waals surface area contributed by atoms with E-state index in [1.807, 2.05) is 0 Å². The molecule has 0 saturated carbocycles. The lowest BCUT2D eigenvalue weighted by Gasteiger charge is -2.40. The topological polar surface area (TPSA) is 46.9 Å². The van der Waals surface area contributed by atoms with Gasteiger partial charge in [-0.25, -0.2) is 0 Å². The molecule has 0 amide bonds. The summed E-state index contributed by atoms with van der Waals surface area (Å²) in [5, 5.41) is 19.2. The highest BCUT2D eigenvalue weighted by molar-refractivity contribution is 5.19. The maximum Gasteiger partial charge on any atom is 0.0567 e. The largest absolute Gasteiger partial charge is 0.393 e. The zero-order chi connectivity index (χ0) is 23.1. The Hall–Kier alpha value is -1.72. The van der Waals surface area contributed by atoms with Crippen LogP contribution in [0.25, 0.3) is 0 Å². The molecule has 6 atom stereocenters. The van der Waals surface area contributed by atoms with Crippen molar-refractivity contribution in [1.82, 2.24) is 9.80 Å². The zero-order valence-electron chi connectivity index (χ0n) is 20.3. The van der Waals surface area contributed by atoms with Gasteiger partial charge in [-0.2, -0.15) is 0 Å². The first kappa shape index (κ1) is 24.9. The van der Waals surface area contributed by atoms with Crippen LogP contribution in [0.5, 0.6) is 0 Å². The maximum absolute atomic E-state index is 9.62. The molecule has 0 aliphatic carbocycles. The Morgan fingerprint density at radius 2 is 1.00 bits per heavy atom. The number of hydrogen-bond acceptors (Lipinski definition) is 4. The van der Waals surface area contributed by atoms with Crippen molar-refractivity contribution in [1.29, 1.82) is 0 Å². The average Bonchev–Trinajstić information content (AvgIpc) is 2.80. The van der Waals surface area contributed by atoms with Gasteiger partial charge in [0, 0.05) is 37.3 Å². The van der Waals surface area contributed by atoms with Crippen LogP contribution in [0.15, 0.2) is 60.7 Å². The van der Waals surface area contributed by atoms with Crippen molar-refractivity contribution < 1.29 is 10.2 Å². The Bertz CT molecular complexity index is 717. The van der Waals surface area contributed by atoms with Gasteiger partial charge in [0.1, 0.15) is 0 Å². The Balaban J connectivity index is 0.000000181. The average molecular weight is 439 g/mol. The van der Waals surface area contributed by atoms with Crippen LogP contribution in [0.2, 0.25) is 0 Å². The Kier molecular flexibility index (Phi) is 9.30. The molecule has 2 aromatic rings. The minimum absolute atomic E-state index is 0.103. The van der Waals surface area contributed by atoms with Crippen LogP contribution >= 0.6 is 0 Å². The van der Waals surface area contributed by atoms with E-state index in [1.165, 1.54) is 11.1 Å². The van der Waals surface area contributed by atoms with Crippen molar-refractivity contribution in [3.63, 3.8) is 0 Å². The fourth-order valence-corrected chi connectivity index (χ4v) is 5.33. The van der Waals surface area contributed by atoms with Gasteiger partial charge in [0.25, 0.3) is 0 Å². The number of aliphatic hydroxyl groups is 2. The second-order valence-electron chi connectivity index (χ2n) is 9.70. The van der Waals surface area contributed by atoms with Gasteiger partial charge in [-0.3, -0.25) is 9.80 Å². The van der Waals surface area contributed by atoms with Crippen LogP contribution in [0.1, 0.15) is 76.6 Å². The van der Waals surface area contributed by atoms with Crippen molar-refractivity contribution in [3.05, 3.63) is 71.8 Å². The van der Waals surface area contributed by atoms with Gasteiger partial charge >= 0.3 is 0 Å². The molecule has 2 fully saturated rings. The molecule has 32 heavy (non-hydrogen) atoms. The normalized spacial score (nSPS) is 28.9. The molecule has 0 unspecified atom stereocenters. The molecule has 2 aliphatic heterocycles. The molecule has 2 saturated heterocycles. The smallest absolute Gasteiger partial charge is 0.0567 e. The summed E-state index contributed by atoms with van der Waals surface area (Å²) in [6.45, 7) is 10.9. The first-order chi connectivity index (χ1) is 15.4. The monoisotopic (exact) mass is 438 g/mol. The van der Waals surface area contributed by atoms with Crippen molar-refractivity contribution in [2.24, 2.45) is 0 Å². The van der Waals surface area contributed by atoms with Gasteiger partial charge in [-0.15, -0.1) is 0 Å². The highest BCUT2D eigenvalue weighted by atomic mass is 16.3. The summed E-state index contributed by atoms with van der Waals surface area (Å²) in [6.07, 6.45) is 3.40. The van der Waals surface area contributed by atoms with Gasteiger partial charge in [0.15, 0.2) is 0 Å². The van der Waals surface area contributed by atoms with E-state index in [4.69, 9.17) is 0 Å². The molecule has 0 radical (unpaired) electrons. The van der Waals surface area contributed by atoms with Crippen molar-refractivity contribution in [2.45, 2.75) is 89.8 Å². The quantitative estimate of drug-likeness (QED) is 0.690. The van der Waals surface area contributed by atoms with Crippen LogP contribution in [-0.2, 0) is 0 Å². The fourth-order valence-electron chi connectivity index (χ4n) is 5.33. The van der Waals surface area contributed by atoms with E-state index in [2.05, 4.69) is 98.2 Å². The maximum atomic E-state index is 9.62. The molecule has 4 heteroatoms. The van der Waals surface area contributed by atoms with Crippen LogP contribution in [-0.4, -0.2) is 57.4 Å². The highest BCUT2D eigenvalue weighted by Gasteiger charge is 2.28. The number of hydrogen-bond donors (Lipinski definition) is 2. The van der Waals surface area contributed by atoms with Crippen LogP contribution in [0.4, 0.5) is 0 Å². The third-order valence-corrected chi connectivity index (χ3v) is 7.36. The second-order valence-corrected chi connectivity index (χ2v) is 9.70. The predicted molar refractivity (Wildman–Crippen MR) is 133 cm³/mol. The van der Waals surface area contributed by atoms with E-state index in [9.17, 15) is 10.2 Å². The standard InChI is InChI=1S/2C14H21NO/c2*1-11-10-14(16)8-9-15(11)12(2)13-6-4-3-5-7-13/h2*3-7,11-12,14,16H,8-10H2,1-2H3/t11-,12-,14+;11-,12-,14-/m11/s1. The van der Waals surface area contributed by atoms with Gasteiger partial charge in [-0.1, -0.05) is 60.7 Å². The van der Waals surface area contributed by atoms with Crippen LogP contribution in [0.3, 0.4) is 0 Å². The summed E-state index contributed by atoms with van der Waals surface area (Å²) in [7, 11) is 0. The molecule has 4 rings (SSSR count). The van der Waals surface area contributed by atoms with Gasteiger partial charge in [0.05, 0.1) is 12.2 Å². The molecule has 2 aromatic carbocycles. The number of piperidine rings is 2. The van der Waals surface area contributed by atoms with E-state index in [1.54, 1.807) is 0 Å². The Labute approximate surface area is 194 Å². The van der Waals surface area contributed by atoms with Crippen molar-refractivity contribution in [2.75, 3.05) is 13.1 Å². The summed E-state index contributed by atoms with van der Waals surface area (Å²) < 4.78 is 0. The van der Waals surface area contributed by atoms with E-state index < -0.39 is 0 Å². The number of benzene rings is 2. The lowest BCUT2D eigenvalue weighted by molar-refractivity contribution is 0.0274. The number of nitrogens with zero attached hydrogens (tertiary/aromatic N) is 2. The molecule has 0 aromatic heterocycles. The molecule has 176 valence electrons. The van der Waals surface area contributed by atoms with E-state index >= 15 is 0 Å². The lowest BCUT2D eigenvalue weighted by Crippen LogP contribution is -2.43. The fraction of sp³-hybridized carbons (Fsp3) is 0.571. The molecule has 2 heterocycles. The van der Waals surface area contributed by atoms with Crippen molar-refractivity contribution >= 4 is 0 Å². The van der Waals surface area contributed by atoms with Crippen LogP contribution in [0, 0.1) is 0 Å². The van der Waals surface area contributed by atoms with E-state index in [-0.39, 0.29) is 12.2 Å². The Morgan fingerprint density at radius 3 is 1.31 bits per heavy atom. The molecule has 2 aliphatic rings. The van der Waals surface area contributed by atoms with Crippen molar-refractivity contribution in [3.8, 4) is 0 Å². The highest BCUT2D eigenvalue weighted by Crippen LogP contribution is 2.29. The summed E-state index contributed by atoms with van der Waals surface area (Å²) in [5.41, 5.74) is 2.73. The molecule has 0 bridgehead atoms. The number of aliphatic hydroxyl groups excluding tert-OH is 2. The lowest BCUT2D eigenvalue weighted by atomic mass is 9.96. The molecular formula is C28H42N2O2. The van der Waals surface area contributed by atoms with Crippen LogP contribution < -0.4 is 0 Å². The minimum Gasteiger partial charge on any atom is -0.393 e. The third kappa shape index (κ3) is 6.64. The predicted octanol–water partition coefficient (Wildman–Crippen LogP) is 5.19. The van der Waals surface area contributed by atoms with E-state index in [0.717, 1.165) is 38.8 Å². The second kappa shape index (κ2) is 11.9. The SMILES string of the molecule is C[C@@H]1C[C@@H](O)CCN1[C@H](C)c1ccccc1.C[C@@H]1C[C@H](O)CCN1[C@H](C)c1ccccc1. The Morgan fingerprint density at radius 1 is 0.656 bits per heavy atom. The first-order valence-corrected chi connectivity index (χ1v) is 12.3. The molecule has 4 nitrogen and oxygen atoms in total.